The number of amides is 1. The molecule has 4 aromatic rings. The van der Waals surface area contributed by atoms with Crippen LogP contribution >= 0.6 is 11.8 Å². The molecule has 0 aliphatic heterocycles. The van der Waals surface area contributed by atoms with Crippen LogP contribution in [0.5, 0.6) is 5.75 Å². The van der Waals surface area contributed by atoms with Crippen LogP contribution in [-0.2, 0) is 17.9 Å². The fraction of sp³-hybridized carbons (Fsp3) is 0.154. The van der Waals surface area contributed by atoms with Crippen LogP contribution in [-0.4, -0.2) is 39.7 Å². The lowest BCUT2D eigenvalue weighted by Gasteiger charge is -2.11. The SMILES string of the molecule is C=CCn1c(CNc2cccc3ccccc23)nnc1SCC(=O)N/N=C/c1cccc(OC)c1. The number of methoxy groups -OCH3 is 1. The second-order valence-corrected chi connectivity index (χ2v) is 8.48. The molecule has 0 atom stereocenters. The van der Waals surface area contributed by atoms with Crippen molar-refractivity contribution < 1.29 is 9.53 Å². The molecule has 1 heterocycles. The number of carbonyl (C=O) groups is 1. The molecule has 4 rings (SSSR count). The first-order valence-corrected chi connectivity index (χ1v) is 12.0. The molecule has 0 spiro atoms. The first-order valence-electron chi connectivity index (χ1n) is 11.0. The molecular weight excluding hydrogens is 460 g/mol. The summed E-state index contributed by atoms with van der Waals surface area (Å²) in [5, 5.41) is 19.1. The fourth-order valence-corrected chi connectivity index (χ4v) is 4.24. The van der Waals surface area contributed by atoms with Crippen LogP contribution in [0.4, 0.5) is 5.69 Å². The lowest BCUT2D eigenvalue weighted by molar-refractivity contribution is -0.118. The van der Waals surface area contributed by atoms with Gasteiger partial charge in [0.1, 0.15) is 5.75 Å². The Bertz CT molecular complexity index is 1350. The third kappa shape index (κ3) is 6.27. The second kappa shape index (κ2) is 11.8. The summed E-state index contributed by atoms with van der Waals surface area (Å²) in [5.74, 6) is 1.40. The van der Waals surface area contributed by atoms with Crippen LogP contribution in [0.1, 0.15) is 11.4 Å². The van der Waals surface area contributed by atoms with Gasteiger partial charge in [0.25, 0.3) is 5.91 Å². The molecule has 0 aliphatic rings. The van der Waals surface area contributed by atoms with Gasteiger partial charge in [-0.3, -0.25) is 4.79 Å². The molecule has 178 valence electrons. The first-order chi connectivity index (χ1) is 17.2. The number of allylic oxidation sites excluding steroid dienone is 1. The van der Waals surface area contributed by atoms with Crippen molar-refractivity contribution >= 4 is 40.3 Å². The maximum atomic E-state index is 12.3. The number of nitrogens with zero attached hydrogens (tertiary/aromatic N) is 4. The predicted molar refractivity (Wildman–Crippen MR) is 141 cm³/mol. The monoisotopic (exact) mass is 486 g/mol. The number of hydrogen-bond acceptors (Lipinski definition) is 7. The number of ether oxygens (including phenoxy) is 1. The molecule has 0 saturated heterocycles. The van der Waals surface area contributed by atoms with Crippen molar-refractivity contribution in [3.05, 3.63) is 90.8 Å². The molecule has 0 aliphatic carbocycles. The van der Waals surface area contributed by atoms with E-state index in [9.17, 15) is 4.79 Å². The quantitative estimate of drug-likeness (QED) is 0.141. The average molecular weight is 487 g/mol. The minimum atomic E-state index is -0.238. The van der Waals surface area contributed by atoms with Gasteiger partial charge < -0.3 is 14.6 Å². The van der Waals surface area contributed by atoms with Gasteiger partial charge in [-0.05, 0) is 29.1 Å². The third-order valence-electron chi connectivity index (χ3n) is 5.16. The van der Waals surface area contributed by atoms with Crippen molar-refractivity contribution in [3.8, 4) is 5.75 Å². The Balaban J connectivity index is 1.36. The lowest BCUT2D eigenvalue weighted by atomic mass is 10.1. The normalized spacial score (nSPS) is 11.0. The number of aromatic nitrogens is 3. The van der Waals surface area contributed by atoms with Crippen molar-refractivity contribution in [1.29, 1.82) is 0 Å². The number of hydrogen-bond donors (Lipinski definition) is 2. The number of carbonyl (C=O) groups excluding carboxylic acids is 1. The highest BCUT2D eigenvalue weighted by atomic mass is 32.2. The molecule has 9 heteroatoms. The summed E-state index contributed by atoms with van der Waals surface area (Å²) in [6, 6.07) is 21.8. The topological polar surface area (TPSA) is 93.4 Å². The molecule has 0 radical (unpaired) electrons. The van der Waals surface area contributed by atoms with E-state index in [4.69, 9.17) is 4.74 Å². The number of thioether (sulfide) groups is 1. The Kier molecular flexibility index (Phi) is 8.13. The summed E-state index contributed by atoms with van der Waals surface area (Å²) in [5.41, 5.74) is 4.39. The zero-order valence-corrected chi connectivity index (χ0v) is 20.2. The van der Waals surface area contributed by atoms with Crippen LogP contribution in [0.3, 0.4) is 0 Å². The van der Waals surface area contributed by atoms with Gasteiger partial charge in [0.05, 0.1) is 25.6 Å². The van der Waals surface area contributed by atoms with Gasteiger partial charge in [-0.25, -0.2) is 5.43 Å². The van der Waals surface area contributed by atoms with Crippen molar-refractivity contribution in [2.45, 2.75) is 18.2 Å². The van der Waals surface area contributed by atoms with Crippen LogP contribution < -0.4 is 15.5 Å². The van der Waals surface area contributed by atoms with Crippen LogP contribution in [0, 0.1) is 0 Å². The summed E-state index contributed by atoms with van der Waals surface area (Å²) >= 11 is 1.30. The summed E-state index contributed by atoms with van der Waals surface area (Å²) in [4.78, 5) is 12.3. The molecule has 35 heavy (non-hydrogen) atoms. The summed E-state index contributed by atoms with van der Waals surface area (Å²) in [6.45, 7) is 4.87. The molecule has 0 saturated carbocycles. The van der Waals surface area contributed by atoms with Gasteiger partial charge >= 0.3 is 0 Å². The molecule has 0 fully saturated rings. The van der Waals surface area contributed by atoms with E-state index in [0.717, 1.165) is 28.2 Å². The number of rotatable bonds is 11. The van der Waals surface area contributed by atoms with E-state index in [0.29, 0.717) is 18.2 Å². The van der Waals surface area contributed by atoms with Crippen molar-refractivity contribution in [2.24, 2.45) is 5.10 Å². The van der Waals surface area contributed by atoms with E-state index in [1.54, 1.807) is 19.4 Å². The number of fused-ring (bicyclic) bond motifs is 1. The molecular formula is C26H26N6O2S. The first kappa shape index (κ1) is 24.0. The minimum Gasteiger partial charge on any atom is -0.497 e. The maximum Gasteiger partial charge on any atom is 0.250 e. The van der Waals surface area contributed by atoms with Gasteiger partial charge in [0.15, 0.2) is 11.0 Å². The van der Waals surface area contributed by atoms with Gasteiger partial charge in [0, 0.05) is 17.6 Å². The van der Waals surface area contributed by atoms with E-state index >= 15 is 0 Å². The van der Waals surface area contributed by atoms with Crippen LogP contribution in [0.25, 0.3) is 10.8 Å². The minimum absolute atomic E-state index is 0.154. The molecule has 0 bridgehead atoms. The highest BCUT2D eigenvalue weighted by molar-refractivity contribution is 7.99. The van der Waals surface area contributed by atoms with Crippen molar-refractivity contribution in [1.82, 2.24) is 20.2 Å². The fourth-order valence-electron chi connectivity index (χ4n) is 3.49. The largest absolute Gasteiger partial charge is 0.497 e. The van der Waals surface area contributed by atoms with Gasteiger partial charge in [0.2, 0.25) is 0 Å². The zero-order chi connectivity index (χ0) is 24.5. The van der Waals surface area contributed by atoms with Gasteiger partial charge in [-0.1, -0.05) is 66.4 Å². The summed E-state index contributed by atoms with van der Waals surface area (Å²) < 4.78 is 7.13. The molecule has 3 aromatic carbocycles. The Morgan fingerprint density at radius 3 is 2.83 bits per heavy atom. The van der Waals surface area contributed by atoms with E-state index in [2.05, 4.69) is 50.8 Å². The standard InChI is InChI=1S/C26H26N6O2S/c1-3-14-32-24(17-27-23-13-7-10-20-9-4-5-12-22(20)23)29-31-26(32)35-18-25(33)30-28-16-19-8-6-11-21(15-19)34-2/h3-13,15-16,27H,1,14,17-18H2,2H3,(H,30,33)/b28-16+. The molecule has 0 unspecified atom stereocenters. The second-order valence-electron chi connectivity index (χ2n) is 7.54. The Morgan fingerprint density at radius 1 is 1.14 bits per heavy atom. The Morgan fingerprint density at radius 2 is 1.97 bits per heavy atom. The van der Waals surface area contributed by atoms with Crippen LogP contribution in [0.2, 0.25) is 0 Å². The van der Waals surface area contributed by atoms with E-state index < -0.39 is 0 Å². The smallest absolute Gasteiger partial charge is 0.250 e. The third-order valence-corrected chi connectivity index (χ3v) is 6.13. The number of anilines is 1. The van der Waals surface area contributed by atoms with Gasteiger partial charge in [-0.2, -0.15) is 5.10 Å². The predicted octanol–water partition coefficient (Wildman–Crippen LogP) is 4.48. The zero-order valence-electron chi connectivity index (χ0n) is 19.3. The average Bonchev–Trinajstić information content (AvgIpc) is 3.27. The highest BCUT2D eigenvalue weighted by Gasteiger charge is 2.14. The molecule has 1 amide bonds. The lowest BCUT2D eigenvalue weighted by Crippen LogP contribution is -2.20. The highest BCUT2D eigenvalue weighted by Crippen LogP contribution is 2.24. The van der Waals surface area contributed by atoms with E-state index in [-0.39, 0.29) is 11.7 Å². The molecule has 1 aromatic heterocycles. The Hall–Kier alpha value is -4.11. The summed E-state index contributed by atoms with van der Waals surface area (Å²) in [7, 11) is 1.60. The number of hydrazone groups is 1. The molecule has 8 nitrogen and oxygen atoms in total. The van der Waals surface area contributed by atoms with E-state index in [1.807, 2.05) is 53.1 Å². The van der Waals surface area contributed by atoms with Gasteiger partial charge in [-0.15, -0.1) is 16.8 Å². The van der Waals surface area contributed by atoms with E-state index in [1.165, 1.54) is 17.1 Å². The summed E-state index contributed by atoms with van der Waals surface area (Å²) in [6.07, 6.45) is 3.36. The molecule has 2 N–H and O–H groups in total. The van der Waals surface area contributed by atoms with Crippen molar-refractivity contribution in [2.75, 3.05) is 18.2 Å². The Labute approximate surface area is 208 Å². The number of nitrogens with one attached hydrogen (secondary N) is 2. The number of benzene rings is 3. The van der Waals surface area contributed by atoms with Crippen molar-refractivity contribution in [3.63, 3.8) is 0 Å². The van der Waals surface area contributed by atoms with Crippen LogP contribution in [0.15, 0.2) is 89.6 Å². The maximum absolute atomic E-state index is 12.3.